The van der Waals surface area contributed by atoms with E-state index in [1.54, 1.807) is 0 Å². The van der Waals surface area contributed by atoms with E-state index in [1.807, 2.05) is 19.1 Å². The van der Waals surface area contributed by atoms with Gasteiger partial charge in [-0.3, -0.25) is 0 Å². The Morgan fingerprint density at radius 1 is 0.962 bits per heavy atom. The molecular weight excluding hydrogens is 336 g/mol. The summed E-state index contributed by atoms with van der Waals surface area (Å²) in [7, 11) is -2.48. The highest BCUT2D eigenvalue weighted by Gasteiger charge is 2.49. The molecule has 0 saturated carbocycles. The van der Waals surface area contributed by atoms with Gasteiger partial charge < -0.3 is 9.53 Å². The summed E-state index contributed by atoms with van der Waals surface area (Å²) >= 11 is 0. The molecule has 0 spiro atoms. The first-order chi connectivity index (χ1) is 12.4. The molecule has 1 unspecified atom stereocenters. The molecule has 0 fully saturated rings. The molecule has 140 valence electrons. The van der Waals surface area contributed by atoms with Gasteiger partial charge in [0.05, 0.1) is 6.10 Å². The molecule has 0 amide bonds. The van der Waals surface area contributed by atoms with Crippen molar-refractivity contribution >= 4 is 18.7 Å². The van der Waals surface area contributed by atoms with Gasteiger partial charge in [0.25, 0.3) is 8.32 Å². The Morgan fingerprint density at radius 2 is 1.46 bits per heavy atom. The van der Waals surface area contributed by atoms with Crippen molar-refractivity contribution in [2.75, 3.05) is 6.61 Å². The zero-order valence-corrected chi connectivity index (χ0v) is 17.5. The molecule has 0 bridgehead atoms. The predicted molar refractivity (Wildman–Crippen MR) is 114 cm³/mol. The molecule has 0 radical (unpaired) electrons. The fourth-order valence-electron chi connectivity index (χ4n) is 3.52. The minimum absolute atomic E-state index is 0.0238. The van der Waals surface area contributed by atoms with E-state index in [1.165, 1.54) is 10.4 Å². The van der Waals surface area contributed by atoms with E-state index < -0.39 is 8.32 Å². The molecular formula is C23H32O2Si. The van der Waals surface area contributed by atoms with E-state index in [-0.39, 0.29) is 11.1 Å². The van der Waals surface area contributed by atoms with Crippen molar-refractivity contribution in [3.8, 4) is 0 Å². The third-order valence-electron chi connectivity index (χ3n) is 4.83. The van der Waals surface area contributed by atoms with Crippen LogP contribution in [0.5, 0.6) is 0 Å². The first-order valence-corrected chi connectivity index (χ1v) is 11.4. The molecule has 3 heteroatoms. The zero-order valence-electron chi connectivity index (χ0n) is 16.5. The molecule has 0 aliphatic carbocycles. The van der Waals surface area contributed by atoms with Crippen LogP contribution in [0.1, 0.15) is 40.5 Å². The van der Waals surface area contributed by atoms with E-state index >= 15 is 0 Å². The van der Waals surface area contributed by atoms with Gasteiger partial charge in [0, 0.05) is 6.61 Å². The van der Waals surface area contributed by atoms with Gasteiger partial charge in [-0.1, -0.05) is 93.6 Å². The van der Waals surface area contributed by atoms with Gasteiger partial charge in [-0.2, -0.15) is 0 Å². The number of rotatable bonds is 8. The summed E-state index contributed by atoms with van der Waals surface area (Å²) < 4.78 is 6.77. The van der Waals surface area contributed by atoms with Crippen molar-refractivity contribution < 1.29 is 9.53 Å². The van der Waals surface area contributed by atoms with E-state index in [0.717, 1.165) is 0 Å². The Labute approximate surface area is 159 Å². The fourth-order valence-corrected chi connectivity index (χ4v) is 8.10. The monoisotopic (exact) mass is 368 g/mol. The van der Waals surface area contributed by atoms with Crippen LogP contribution in [-0.2, 0) is 4.43 Å². The average Bonchev–Trinajstić information content (AvgIpc) is 2.64. The van der Waals surface area contributed by atoms with Crippen LogP contribution in [0.25, 0.3) is 0 Å². The molecule has 1 N–H and O–H groups in total. The van der Waals surface area contributed by atoms with E-state index in [0.29, 0.717) is 19.4 Å². The Balaban J connectivity index is 2.38. The standard InChI is InChI=1S/C23H32O2Si/c1-5-6-13-20(24)18-19-25-26(23(2,3)4,21-14-9-7-10-15-21)22-16-11-8-12-17-22/h5-12,14-17,20,24H,13,18-19H2,1-4H3/b6-5+. The van der Waals surface area contributed by atoms with Crippen LogP contribution in [0.3, 0.4) is 0 Å². The third kappa shape index (κ3) is 4.73. The number of allylic oxidation sites excluding steroid dienone is 1. The van der Waals surface area contributed by atoms with Gasteiger partial charge in [0.15, 0.2) is 0 Å². The second-order valence-electron chi connectivity index (χ2n) is 7.76. The minimum atomic E-state index is -2.48. The van der Waals surface area contributed by atoms with Gasteiger partial charge >= 0.3 is 0 Å². The second kappa shape index (κ2) is 9.31. The van der Waals surface area contributed by atoms with E-state index in [9.17, 15) is 5.11 Å². The summed E-state index contributed by atoms with van der Waals surface area (Å²) in [6.45, 7) is 9.36. The highest BCUT2D eigenvalue weighted by atomic mass is 28.4. The first-order valence-electron chi connectivity index (χ1n) is 9.46. The maximum Gasteiger partial charge on any atom is 0.261 e. The van der Waals surface area contributed by atoms with Gasteiger partial charge in [0.1, 0.15) is 0 Å². The molecule has 2 aromatic carbocycles. The smallest absolute Gasteiger partial charge is 0.261 e. The van der Waals surface area contributed by atoms with Crippen LogP contribution in [0.15, 0.2) is 72.8 Å². The maximum atomic E-state index is 10.2. The van der Waals surface area contributed by atoms with Crippen LogP contribution in [0.4, 0.5) is 0 Å². The molecule has 2 rings (SSSR count). The lowest BCUT2D eigenvalue weighted by Gasteiger charge is -2.43. The maximum absolute atomic E-state index is 10.2. The van der Waals surface area contributed by atoms with Crippen molar-refractivity contribution in [2.45, 2.75) is 51.7 Å². The third-order valence-corrected chi connectivity index (χ3v) is 9.87. The van der Waals surface area contributed by atoms with Crippen LogP contribution in [0.2, 0.25) is 5.04 Å². The molecule has 2 nitrogen and oxygen atoms in total. The SMILES string of the molecule is C/C=C/CC(O)CCO[Si](c1ccccc1)(c1ccccc1)C(C)(C)C. The average molecular weight is 369 g/mol. The highest BCUT2D eigenvalue weighted by molar-refractivity contribution is 6.99. The lowest BCUT2D eigenvalue weighted by atomic mass is 10.2. The number of aliphatic hydroxyl groups is 1. The number of aliphatic hydroxyl groups excluding tert-OH is 1. The van der Waals surface area contributed by atoms with Gasteiger partial charge in [-0.25, -0.2) is 0 Å². The van der Waals surface area contributed by atoms with E-state index in [2.05, 4.69) is 81.4 Å². The molecule has 0 aliphatic rings. The molecule has 1 atom stereocenters. The topological polar surface area (TPSA) is 29.5 Å². The van der Waals surface area contributed by atoms with Gasteiger partial charge in [-0.15, -0.1) is 0 Å². The summed E-state index contributed by atoms with van der Waals surface area (Å²) in [5, 5.41) is 12.7. The van der Waals surface area contributed by atoms with Gasteiger partial charge in [0.2, 0.25) is 0 Å². The predicted octanol–water partition coefficient (Wildman–Crippen LogP) is 4.28. The summed E-state index contributed by atoms with van der Waals surface area (Å²) in [6.07, 6.45) is 4.96. The van der Waals surface area contributed by atoms with Crippen molar-refractivity contribution in [2.24, 2.45) is 0 Å². The van der Waals surface area contributed by atoms with Crippen LogP contribution >= 0.6 is 0 Å². The highest BCUT2D eigenvalue weighted by Crippen LogP contribution is 2.36. The van der Waals surface area contributed by atoms with Crippen molar-refractivity contribution in [3.63, 3.8) is 0 Å². The van der Waals surface area contributed by atoms with Crippen LogP contribution in [0, 0.1) is 0 Å². The number of benzene rings is 2. The Kier molecular flexibility index (Phi) is 7.39. The molecule has 0 aliphatic heterocycles. The second-order valence-corrected chi connectivity index (χ2v) is 12.1. The lowest BCUT2D eigenvalue weighted by molar-refractivity contribution is 0.139. The Hall–Kier alpha value is -1.68. The Bertz CT molecular complexity index is 635. The van der Waals surface area contributed by atoms with Crippen LogP contribution in [-0.4, -0.2) is 26.1 Å². The largest absolute Gasteiger partial charge is 0.407 e. The molecule has 0 aromatic heterocycles. The van der Waals surface area contributed by atoms with Gasteiger partial charge in [-0.05, 0) is 35.2 Å². The quantitative estimate of drug-likeness (QED) is 0.557. The van der Waals surface area contributed by atoms with Crippen molar-refractivity contribution in [1.29, 1.82) is 0 Å². The van der Waals surface area contributed by atoms with Crippen molar-refractivity contribution in [3.05, 3.63) is 72.8 Å². The number of hydrogen-bond acceptors (Lipinski definition) is 2. The Morgan fingerprint density at radius 3 is 1.88 bits per heavy atom. The lowest BCUT2D eigenvalue weighted by Crippen LogP contribution is -2.66. The summed E-state index contributed by atoms with van der Waals surface area (Å²) in [4.78, 5) is 0. The number of hydrogen-bond donors (Lipinski definition) is 1. The zero-order chi connectivity index (χ0) is 19.0. The molecule has 26 heavy (non-hydrogen) atoms. The summed E-state index contributed by atoms with van der Waals surface area (Å²) in [6, 6.07) is 21.3. The van der Waals surface area contributed by atoms with Crippen molar-refractivity contribution in [1.82, 2.24) is 0 Å². The first kappa shape index (κ1) is 20.6. The molecule has 2 aromatic rings. The fraction of sp³-hybridized carbons (Fsp3) is 0.391. The normalized spacial score (nSPS) is 13.9. The van der Waals surface area contributed by atoms with Crippen LogP contribution < -0.4 is 10.4 Å². The van der Waals surface area contributed by atoms with E-state index in [4.69, 9.17) is 4.43 Å². The minimum Gasteiger partial charge on any atom is -0.407 e. The molecule has 0 heterocycles. The summed E-state index contributed by atoms with van der Waals surface area (Å²) in [5.74, 6) is 0. The molecule has 0 saturated heterocycles. The summed E-state index contributed by atoms with van der Waals surface area (Å²) in [5.41, 5.74) is 0.